The van der Waals surface area contributed by atoms with Gasteiger partial charge in [0.15, 0.2) is 0 Å². The van der Waals surface area contributed by atoms with Gasteiger partial charge in [0, 0.05) is 23.8 Å². The predicted octanol–water partition coefficient (Wildman–Crippen LogP) is 3.55. The van der Waals surface area contributed by atoms with Crippen LogP contribution in [-0.2, 0) is 0 Å². The number of fused-ring (bicyclic) bond motifs is 1. The van der Waals surface area contributed by atoms with Gasteiger partial charge in [-0.15, -0.1) is 0 Å². The van der Waals surface area contributed by atoms with Crippen molar-refractivity contribution < 1.29 is 9.47 Å². The molecule has 1 aromatic heterocycles. The summed E-state index contributed by atoms with van der Waals surface area (Å²) in [6.07, 6.45) is 1.77. The van der Waals surface area contributed by atoms with Gasteiger partial charge in [-0.05, 0) is 50.0 Å². The van der Waals surface area contributed by atoms with E-state index in [0.29, 0.717) is 12.2 Å². The van der Waals surface area contributed by atoms with Crippen LogP contribution in [0.5, 0.6) is 11.5 Å². The van der Waals surface area contributed by atoms with Crippen molar-refractivity contribution in [3.63, 3.8) is 0 Å². The zero-order chi connectivity index (χ0) is 19.4. The highest BCUT2D eigenvalue weighted by Crippen LogP contribution is 2.34. The maximum Gasteiger partial charge on any atom is 0.136 e. The maximum atomic E-state index is 6.23. The van der Waals surface area contributed by atoms with Gasteiger partial charge in [0.2, 0.25) is 0 Å². The lowest BCUT2D eigenvalue weighted by atomic mass is 10.1. The molecule has 0 bridgehead atoms. The lowest BCUT2D eigenvalue weighted by Crippen LogP contribution is -2.27. The average molecular weight is 366 g/mol. The number of nitrogens with two attached hydrogens (primary N) is 1. The average Bonchev–Trinajstić information content (AvgIpc) is 2.68. The zero-order valence-corrected chi connectivity index (χ0v) is 16.2. The number of benzene rings is 2. The Balaban J connectivity index is 1.89. The molecule has 6 nitrogen and oxygen atoms in total. The van der Waals surface area contributed by atoms with Gasteiger partial charge >= 0.3 is 0 Å². The van der Waals surface area contributed by atoms with Crippen LogP contribution < -0.4 is 20.5 Å². The summed E-state index contributed by atoms with van der Waals surface area (Å²) in [7, 11) is 7.45. The van der Waals surface area contributed by atoms with E-state index < -0.39 is 0 Å². The Hall–Kier alpha value is -2.99. The van der Waals surface area contributed by atoms with Gasteiger partial charge < -0.3 is 25.4 Å². The summed E-state index contributed by atoms with van der Waals surface area (Å²) in [4.78, 5) is 6.68. The van der Waals surface area contributed by atoms with Gasteiger partial charge in [0.1, 0.15) is 17.3 Å². The topological polar surface area (TPSA) is 72.6 Å². The molecule has 0 fully saturated rings. The van der Waals surface area contributed by atoms with Crippen molar-refractivity contribution in [3.8, 4) is 11.5 Å². The fraction of sp³-hybridized carbons (Fsp3) is 0.286. The van der Waals surface area contributed by atoms with Crippen LogP contribution in [-0.4, -0.2) is 44.7 Å². The smallest absolute Gasteiger partial charge is 0.136 e. The van der Waals surface area contributed by atoms with E-state index in [1.807, 2.05) is 30.3 Å². The third kappa shape index (κ3) is 3.90. The number of nitrogens with zero attached hydrogens (tertiary/aromatic N) is 2. The number of nitrogen functional groups attached to an aromatic ring is 1. The van der Waals surface area contributed by atoms with E-state index in [1.54, 1.807) is 20.4 Å². The molecule has 0 aliphatic carbocycles. The number of aromatic nitrogens is 1. The van der Waals surface area contributed by atoms with Crippen LogP contribution in [0.3, 0.4) is 0 Å². The molecule has 142 valence electrons. The minimum Gasteiger partial charge on any atom is -0.497 e. The molecule has 0 spiro atoms. The summed E-state index contributed by atoms with van der Waals surface area (Å²) in [5, 5.41) is 5.29. The van der Waals surface area contributed by atoms with E-state index >= 15 is 0 Å². The number of anilines is 2. The largest absolute Gasteiger partial charge is 0.497 e. The molecule has 6 heteroatoms. The highest BCUT2D eigenvalue weighted by Gasteiger charge is 2.16. The normalized spacial score (nSPS) is 12.2. The summed E-state index contributed by atoms with van der Waals surface area (Å²) >= 11 is 0. The zero-order valence-electron chi connectivity index (χ0n) is 16.2. The van der Waals surface area contributed by atoms with E-state index in [4.69, 9.17) is 15.2 Å². The van der Waals surface area contributed by atoms with Gasteiger partial charge in [-0.25, -0.2) is 4.98 Å². The first kappa shape index (κ1) is 18.8. The molecule has 1 unspecified atom stereocenters. The lowest BCUT2D eigenvalue weighted by molar-refractivity contribution is 0.311. The summed E-state index contributed by atoms with van der Waals surface area (Å²) in [5.41, 5.74) is 8.10. The SMILES string of the molecule is COc1ccc(C(CNc2nccc3c(OC)ccc(N)c23)N(C)C)cc1. The highest BCUT2D eigenvalue weighted by atomic mass is 16.5. The fourth-order valence-corrected chi connectivity index (χ4v) is 3.23. The first-order valence-electron chi connectivity index (χ1n) is 8.80. The Labute approximate surface area is 159 Å². The van der Waals surface area contributed by atoms with E-state index in [1.165, 1.54) is 5.56 Å². The molecule has 1 atom stereocenters. The Morgan fingerprint density at radius 1 is 1.04 bits per heavy atom. The van der Waals surface area contributed by atoms with Gasteiger partial charge in [-0.2, -0.15) is 0 Å². The molecule has 0 aliphatic rings. The fourth-order valence-electron chi connectivity index (χ4n) is 3.23. The monoisotopic (exact) mass is 366 g/mol. The summed E-state index contributed by atoms with van der Waals surface area (Å²) in [6, 6.07) is 13.9. The van der Waals surface area contributed by atoms with E-state index in [9.17, 15) is 0 Å². The quantitative estimate of drug-likeness (QED) is 0.623. The third-order valence-electron chi connectivity index (χ3n) is 4.73. The standard InChI is InChI=1S/C21H26N4O2/c1-25(2)18(14-5-7-15(26-3)8-6-14)13-24-21-20-16(11-12-23-21)19(27-4)10-9-17(20)22/h5-12,18H,13,22H2,1-4H3,(H,23,24). The van der Waals surface area contributed by atoms with Gasteiger partial charge in [-0.1, -0.05) is 12.1 Å². The number of rotatable bonds is 7. The Morgan fingerprint density at radius 2 is 1.78 bits per heavy atom. The van der Waals surface area contributed by atoms with Gasteiger partial charge in [0.25, 0.3) is 0 Å². The molecule has 3 aromatic rings. The third-order valence-corrected chi connectivity index (χ3v) is 4.73. The second-order valence-corrected chi connectivity index (χ2v) is 6.57. The summed E-state index contributed by atoms with van der Waals surface area (Å²) in [5.74, 6) is 2.38. The summed E-state index contributed by atoms with van der Waals surface area (Å²) < 4.78 is 10.7. The number of methoxy groups -OCH3 is 2. The minimum absolute atomic E-state index is 0.166. The van der Waals surface area contributed by atoms with Crippen LogP contribution in [0, 0.1) is 0 Å². The number of likely N-dealkylation sites (N-methyl/N-ethyl adjacent to an activating group) is 1. The number of nitrogens with one attached hydrogen (secondary N) is 1. The number of hydrogen-bond acceptors (Lipinski definition) is 6. The van der Waals surface area contributed by atoms with Crippen molar-refractivity contribution in [1.82, 2.24) is 9.88 Å². The Morgan fingerprint density at radius 3 is 2.41 bits per heavy atom. The van der Waals surface area contributed by atoms with Crippen LogP contribution >= 0.6 is 0 Å². The van der Waals surface area contributed by atoms with Crippen molar-refractivity contribution >= 4 is 22.3 Å². The first-order chi connectivity index (χ1) is 13.0. The van der Waals surface area contributed by atoms with Crippen LogP contribution in [0.25, 0.3) is 10.8 Å². The molecule has 2 aromatic carbocycles. The molecule has 3 rings (SSSR count). The van der Waals surface area contributed by atoms with Crippen molar-refractivity contribution in [1.29, 1.82) is 0 Å². The molecule has 1 heterocycles. The second-order valence-electron chi connectivity index (χ2n) is 6.57. The highest BCUT2D eigenvalue weighted by molar-refractivity contribution is 6.03. The Kier molecular flexibility index (Phi) is 5.66. The van der Waals surface area contributed by atoms with Gasteiger partial charge in [-0.3, -0.25) is 0 Å². The van der Waals surface area contributed by atoms with Crippen molar-refractivity contribution in [2.24, 2.45) is 0 Å². The van der Waals surface area contributed by atoms with Crippen molar-refractivity contribution in [3.05, 3.63) is 54.2 Å². The molecule has 0 aliphatic heterocycles. The lowest BCUT2D eigenvalue weighted by Gasteiger charge is -2.26. The van der Waals surface area contributed by atoms with Gasteiger partial charge in [0.05, 0.1) is 25.6 Å². The molecule has 0 amide bonds. The molecule has 0 saturated carbocycles. The first-order valence-corrected chi connectivity index (χ1v) is 8.80. The van der Waals surface area contributed by atoms with Crippen molar-refractivity contribution in [2.75, 3.05) is 45.9 Å². The van der Waals surface area contributed by atoms with E-state index in [0.717, 1.165) is 28.1 Å². The maximum absolute atomic E-state index is 6.23. The summed E-state index contributed by atoms with van der Waals surface area (Å²) in [6.45, 7) is 0.683. The van der Waals surface area contributed by atoms with Crippen LogP contribution in [0.15, 0.2) is 48.7 Å². The molecule has 0 saturated heterocycles. The van der Waals surface area contributed by atoms with Crippen LogP contribution in [0.1, 0.15) is 11.6 Å². The number of pyridine rings is 1. The van der Waals surface area contributed by atoms with E-state index in [-0.39, 0.29) is 6.04 Å². The molecule has 27 heavy (non-hydrogen) atoms. The molecular formula is C21H26N4O2. The second kappa shape index (κ2) is 8.14. The number of hydrogen-bond donors (Lipinski definition) is 2. The molecular weight excluding hydrogens is 340 g/mol. The van der Waals surface area contributed by atoms with Crippen molar-refractivity contribution in [2.45, 2.75) is 6.04 Å². The minimum atomic E-state index is 0.166. The predicted molar refractivity (Wildman–Crippen MR) is 111 cm³/mol. The molecule has 0 radical (unpaired) electrons. The van der Waals surface area contributed by atoms with E-state index in [2.05, 4.69) is 41.4 Å². The molecule has 3 N–H and O–H groups in total. The number of ether oxygens (including phenoxy) is 2. The Bertz CT molecular complexity index is 910. The van der Waals surface area contributed by atoms with Crippen LogP contribution in [0.4, 0.5) is 11.5 Å². The van der Waals surface area contributed by atoms with Crippen LogP contribution in [0.2, 0.25) is 0 Å².